The van der Waals surface area contributed by atoms with Gasteiger partial charge in [-0.25, -0.2) is 4.98 Å². The van der Waals surface area contributed by atoms with E-state index >= 15 is 0 Å². The molecule has 0 radical (unpaired) electrons. The Morgan fingerprint density at radius 2 is 1.57 bits per heavy atom. The van der Waals surface area contributed by atoms with Crippen LogP contribution in [-0.2, 0) is 12.8 Å². The highest BCUT2D eigenvalue weighted by Gasteiger charge is 2.44. The molecule has 2 unspecified atom stereocenters. The van der Waals surface area contributed by atoms with Crippen molar-refractivity contribution in [2.24, 2.45) is 5.92 Å². The molecule has 0 N–H and O–H groups in total. The summed E-state index contributed by atoms with van der Waals surface area (Å²) in [5, 5.41) is 3.90. The highest BCUT2D eigenvalue weighted by Crippen LogP contribution is 2.46. The third-order valence-electron chi connectivity index (χ3n) is 14.2. The van der Waals surface area contributed by atoms with Crippen molar-refractivity contribution in [2.45, 2.75) is 134 Å². The largest absolute Gasteiger partial charge is 0.438 e. The quantitative estimate of drug-likeness (QED) is 0.133. The highest BCUT2D eigenvalue weighted by molar-refractivity contribution is 6.89. The van der Waals surface area contributed by atoms with Gasteiger partial charge < -0.3 is 4.42 Å². The number of fused-ring (bicyclic) bond motifs is 12. The molecule has 56 heavy (non-hydrogen) atoms. The van der Waals surface area contributed by atoms with Crippen LogP contribution in [0.5, 0.6) is 0 Å². The number of hydrogen-bond acceptors (Lipinski definition) is 2. The van der Waals surface area contributed by atoms with E-state index in [2.05, 4.69) is 108 Å². The standard InChI is InChI=1S/C51H59N3OSi/c1-33-20-22-42-45-30-43-38(29-49(45)55-51(42)52-33)21-23-41-39-18-12-13-19-40(39)48-31-44(37-16-10-7-11-17-37)50(56(3,4)5)32-54(48)46(41)26-34(2)53-25-24-36(28-47(43)53)27-35-14-8-6-9-15-35/h12-13,18-20,22,24-25,28-32,35,37,41,46H,2,6-11,14-17,21,23,26-27H2,1,3-5H3/q+2. The molecule has 0 spiro atoms. The van der Waals surface area contributed by atoms with Gasteiger partial charge in [0.1, 0.15) is 5.58 Å². The fourth-order valence-electron chi connectivity index (χ4n) is 11.3. The zero-order chi connectivity index (χ0) is 38.1. The van der Waals surface area contributed by atoms with E-state index in [1.54, 1.807) is 10.8 Å². The molecule has 2 aromatic carbocycles. The maximum atomic E-state index is 6.54. The van der Waals surface area contributed by atoms with Gasteiger partial charge in [-0.1, -0.05) is 89.2 Å². The Morgan fingerprint density at radius 3 is 2.38 bits per heavy atom. The van der Waals surface area contributed by atoms with Crippen molar-refractivity contribution >= 4 is 41.0 Å². The Hall–Kier alpha value is -4.35. The van der Waals surface area contributed by atoms with Gasteiger partial charge in [-0.05, 0) is 110 Å². The molecule has 0 saturated heterocycles. The van der Waals surface area contributed by atoms with Crippen LogP contribution < -0.4 is 14.3 Å². The smallest absolute Gasteiger partial charge is 0.227 e. The van der Waals surface area contributed by atoms with Crippen LogP contribution in [0.25, 0.3) is 50.3 Å². The minimum absolute atomic E-state index is 0.272. The first-order valence-corrected chi connectivity index (χ1v) is 25.4. The van der Waals surface area contributed by atoms with E-state index in [4.69, 9.17) is 16.0 Å². The first kappa shape index (κ1) is 36.0. The summed E-state index contributed by atoms with van der Waals surface area (Å²) in [6.45, 7) is 14.7. The number of rotatable bonds is 4. The van der Waals surface area contributed by atoms with Crippen LogP contribution in [0.2, 0.25) is 19.6 Å². The van der Waals surface area contributed by atoms with Gasteiger partial charge in [0.25, 0.3) is 0 Å². The van der Waals surface area contributed by atoms with Gasteiger partial charge in [0.2, 0.25) is 17.1 Å². The molecule has 286 valence electrons. The Bertz CT molecular complexity index is 2490. The van der Waals surface area contributed by atoms with Gasteiger partial charge in [0, 0.05) is 51.3 Å². The third-order valence-corrected chi connectivity index (χ3v) is 16.3. The fraction of sp³-hybridized carbons (Fsp3) is 0.431. The Labute approximate surface area is 334 Å². The molecule has 4 aromatic heterocycles. The molecule has 10 rings (SSSR count). The van der Waals surface area contributed by atoms with Crippen LogP contribution in [0, 0.1) is 12.8 Å². The molecule has 6 aromatic rings. The summed E-state index contributed by atoms with van der Waals surface area (Å²) in [6, 6.07) is 26.3. The lowest BCUT2D eigenvalue weighted by molar-refractivity contribution is -0.719. The number of aromatic nitrogens is 3. The second-order valence-electron chi connectivity index (χ2n) is 19.0. The SMILES string of the molecule is C=C1CC2C(CCc3cc4oc5nc(C)ccc5c4cc3-c3cc(CC4CCCCC4)cc[n+]31)c1ccccc1-c1cc(C3CCCCC3)c([Si](C)(C)C)c[n+]12. The van der Waals surface area contributed by atoms with Gasteiger partial charge in [-0.3, -0.25) is 0 Å². The van der Waals surface area contributed by atoms with Crippen molar-refractivity contribution in [1.29, 1.82) is 0 Å². The lowest BCUT2D eigenvalue weighted by atomic mass is 9.76. The molecule has 0 bridgehead atoms. The Kier molecular flexibility index (Phi) is 9.16. The normalized spacial score (nSPS) is 20.6. The molecule has 2 fully saturated rings. The van der Waals surface area contributed by atoms with Crippen molar-refractivity contribution in [3.05, 3.63) is 114 Å². The topological polar surface area (TPSA) is 33.8 Å². The maximum absolute atomic E-state index is 6.54. The predicted octanol–water partition coefficient (Wildman–Crippen LogP) is 12.1. The van der Waals surface area contributed by atoms with E-state index in [0.717, 1.165) is 59.4 Å². The van der Waals surface area contributed by atoms with E-state index in [-0.39, 0.29) is 6.04 Å². The number of hydrogen-bond donors (Lipinski definition) is 0. The van der Waals surface area contributed by atoms with Gasteiger partial charge in [0.15, 0.2) is 24.1 Å². The van der Waals surface area contributed by atoms with Crippen LogP contribution in [0.3, 0.4) is 0 Å². The van der Waals surface area contributed by atoms with Crippen LogP contribution in [0.1, 0.15) is 123 Å². The van der Waals surface area contributed by atoms with Crippen LogP contribution in [0.15, 0.2) is 90.1 Å². The summed E-state index contributed by atoms with van der Waals surface area (Å²) < 4.78 is 11.7. The molecular formula is C51H59N3OSi+2. The molecular weight excluding hydrogens is 699 g/mol. The van der Waals surface area contributed by atoms with Gasteiger partial charge in [-0.15, -0.1) is 0 Å². The Balaban J connectivity index is 1.16. The summed E-state index contributed by atoms with van der Waals surface area (Å²) in [5.74, 6) is 1.81. The van der Waals surface area contributed by atoms with Gasteiger partial charge in [-0.2, -0.15) is 9.13 Å². The minimum atomic E-state index is -1.67. The second kappa shape index (κ2) is 14.2. The first-order chi connectivity index (χ1) is 27.2. The zero-order valence-electron chi connectivity index (χ0n) is 34.2. The monoisotopic (exact) mass is 757 g/mol. The van der Waals surface area contributed by atoms with E-state index < -0.39 is 8.07 Å². The number of benzene rings is 2. The second-order valence-corrected chi connectivity index (χ2v) is 24.0. The number of furan rings is 1. The van der Waals surface area contributed by atoms with Crippen LogP contribution in [0.4, 0.5) is 0 Å². The molecule has 5 heteroatoms. The Morgan fingerprint density at radius 1 is 0.786 bits per heavy atom. The maximum Gasteiger partial charge on any atom is 0.227 e. The molecule has 2 aliphatic carbocycles. The molecule has 0 amide bonds. The summed E-state index contributed by atoms with van der Waals surface area (Å²) in [4.78, 5) is 4.82. The predicted molar refractivity (Wildman–Crippen MR) is 233 cm³/mol. The minimum Gasteiger partial charge on any atom is -0.438 e. The number of nitrogens with zero attached hydrogens (tertiary/aromatic N) is 3. The van der Waals surface area contributed by atoms with Gasteiger partial charge in [0.05, 0.1) is 20.1 Å². The number of allylic oxidation sites excluding steroid dienone is 1. The van der Waals surface area contributed by atoms with E-state index in [1.165, 1.54) is 109 Å². The van der Waals surface area contributed by atoms with Crippen LogP contribution in [-0.4, -0.2) is 13.1 Å². The third kappa shape index (κ3) is 6.39. The van der Waals surface area contributed by atoms with Gasteiger partial charge >= 0.3 is 0 Å². The van der Waals surface area contributed by atoms with Crippen molar-refractivity contribution in [3.63, 3.8) is 0 Å². The van der Waals surface area contributed by atoms with Crippen molar-refractivity contribution in [3.8, 4) is 22.5 Å². The van der Waals surface area contributed by atoms with E-state index in [0.29, 0.717) is 11.8 Å². The van der Waals surface area contributed by atoms with Crippen molar-refractivity contribution < 1.29 is 13.6 Å². The van der Waals surface area contributed by atoms with Crippen molar-refractivity contribution in [2.75, 3.05) is 0 Å². The summed E-state index contributed by atoms with van der Waals surface area (Å²) in [6.07, 6.45) is 22.7. The van der Waals surface area contributed by atoms with E-state index in [9.17, 15) is 0 Å². The molecule has 4 aliphatic rings. The molecule has 2 atom stereocenters. The summed E-state index contributed by atoms with van der Waals surface area (Å²) >= 11 is 0. The summed E-state index contributed by atoms with van der Waals surface area (Å²) in [7, 11) is -1.67. The zero-order valence-corrected chi connectivity index (χ0v) is 35.2. The molecule has 6 heterocycles. The number of aryl methyl sites for hydroxylation is 2. The molecule has 2 aliphatic heterocycles. The average molecular weight is 758 g/mol. The number of pyridine rings is 3. The summed E-state index contributed by atoms with van der Waals surface area (Å²) in [5.41, 5.74) is 15.2. The molecule has 4 nitrogen and oxygen atoms in total. The van der Waals surface area contributed by atoms with E-state index in [1.807, 2.05) is 6.92 Å². The lowest BCUT2D eigenvalue weighted by Crippen LogP contribution is -2.55. The van der Waals surface area contributed by atoms with Crippen molar-refractivity contribution in [1.82, 2.24) is 4.98 Å². The fourth-order valence-corrected chi connectivity index (χ4v) is 13.0. The highest BCUT2D eigenvalue weighted by atomic mass is 28.3. The average Bonchev–Trinajstić information content (AvgIpc) is 3.56. The lowest BCUT2D eigenvalue weighted by Gasteiger charge is -2.34. The van der Waals surface area contributed by atoms with Crippen LogP contribution >= 0.6 is 0 Å². The molecule has 2 saturated carbocycles. The first-order valence-electron chi connectivity index (χ1n) is 21.9.